The predicted molar refractivity (Wildman–Crippen MR) is 65.0 cm³/mol. The summed E-state index contributed by atoms with van der Waals surface area (Å²) < 4.78 is 1.08. The van der Waals surface area contributed by atoms with Gasteiger partial charge in [0.05, 0.1) is 17.8 Å². The lowest BCUT2D eigenvalue weighted by Crippen LogP contribution is -2.46. The molecular formula is C11H15BrN2O. The minimum atomic E-state index is -0.435. The highest BCUT2D eigenvalue weighted by Gasteiger charge is 2.34. The van der Waals surface area contributed by atoms with Gasteiger partial charge in [-0.05, 0) is 34.5 Å². The van der Waals surface area contributed by atoms with Crippen LogP contribution in [-0.2, 0) is 0 Å². The number of benzene rings is 1. The van der Waals surface area contributed by atoms with Crippen molar-refractivity contribution in [3.8, 4) is 0 Å². The Hall–Kier alpha value is -0.580. The van der Waals surface area contributed by atoms with Gasteiger partial charge >= 0.3 is 0 Å². The Balaban J connectivity index is 2.18. The first-order valence-corrected chi connectivity index (χ1v) is 5.83. The van der Waals surface area contributed by atoms with Crippen LogP contribution in [0.3, 0.4) is 0 Å². The monoisotopic (exact) mass is 270 g/mol. The average molecular weight is 271 g/mol. The smallest absolute Gasteiger partial charge is 0.0629 e. The fourth-order valence-corrected chi connectivity index (χ4v) is 2.47. The molecule has 4 heteroatoms. The molecule has 3 N–H and O–H groups in total. The van der Waals surface area contributed by atoms with Crippen molar-refractivity contribution in [2.75, 3.05) is 24.6 Å². The third-order valence-corrected chi connectivity index (χ3v) is 3.56. The zero-order valence-corrected chi connectivity index (χ0v) is 10.1. The molecule has 0 amide bonds. The normalized spacial score (nSPS) is 25.9. The second kappa shape index (κ2) is 4.12. The lowest BCUT2D eigenvalue weighted by molar-refractivity contribution is 0.210. The molecule has 82 valence electrons. The molecule has 0 saturated carbocycles. The van der Waals surface area contributed by atoms with Crippen LogP contribution in [0.25, 0.3) is 0 Å². The fourth-order valence-electron chi connectivity index (χ4n) is 1.94. The van der Waals surface area contributed by atoms with Crippen molar-refractivity contribution in [3.05, 3.63) is 28.7 Å². The summed E-state index contributed by atoms with van der Waals surface area (Å²) in [5.74, 6) is 0. The Morgan fingerprint density at radius 3 is 2.80 bits per heavy atom. The lowest BCUT2D eigenvalue weighted by Gasteiger charge is -2.24. The Labute approximate surface area is 98.0 Å². The first-order valence-electron chi connectivity index (χ1n) is 5.04. The van der Waals surface area contributed by atoms with E-state index in [1.165, 1.54) is 0 Å². The molecule has 0 spiro atoms. The van der Waals surface area contributed by atoms with E-state index in [1.54, 1.807) is 0 Å². The molecule has 0 bridgehead atoms. The van der Waals surface area contributed by atoms with Crippen LogP contribution in [0, 0.1) is 0 Å². The number of aliphatic hydroxyl groups excluding tert-OH is 1. The van der Waals surface area contributed by atoms with Gasteiger partial charge in [-0.25, -0.2) is 0 Å². The van der Waals surface area contributed by atoms with E-state index in [1.807, 2.05) is 18.2 Å². The molecule has 1 fully saturated rings. The van der Waals surface area contributed by atoms with Crippen LogP contribution in [0.4, 0.5) is 5.69 Å². The van der Waals surface area contributed by atoms with Crippen LogP contribution >= 0.6 is 15.9 Å². The molecule has 1 atom stereocenters. The highest BCUT2D eigenvalue weighted by Crippen LogP contribution is 2.30. The summed E-state index contributed by atoms with van der Waals surface area (Å²) in [6, 6.07) is 8.08. The van der Waals surface area contributed by atoms with Crippen LogP contribution in [0.5, 0.6) is 0 Å². The van der Waals surface area contributed by atoms with Gasteiger partial charge in [0.2, 0.25) is 0 Å². The largest absolute Gasteiger partial charge is 0.394 e. The van der Waals surface area contributed by atoms with Crippen molar-refractivity contribution in [1.29, 1.82) is 0 Å². The molecule has 1 aliphatic rings. The second-order valence-electron chi connectivity index (χ2n) is 4.14. The highest BCUT2D eigenvalue weighted by molar-refractivity contribution is 9.10. The molecule has 15 heavy (non-hydrogen) atoms. The summed E-state index contributed by atoms with van der Waals surface area (Å²) in [6.45, 7) is 1.67. The molecule has 0 radical (unpaired) electrons. The summed E-state index contributed by atoms with van der Waals surface area (Å²) >= 11 is 3.52. The van der Waals surface area contributed by atoms with Crippen LogP contribution in [0.15, 0.2) is 28.7 Å². The molecule has 0 aromatic heterocycles. The van der Waals surface area contributed by atoms with Crippen molar-refractivity contribution in [2.45, 2.75) is 12.0 Å². The maximum atomic E-state index is 9.20. The number of rotatable bonds is 2. The molecule has 1 unspecified atom stereocenters. The van der Waals surface area contributed by atoms with E-state index in [4.69, 9.17) is 5.73 Å². The zero-order chi connectivity index (χ0) is 10.9. The quantitative estimate of drug-likeness (QED) is 0.853. The molecule has 1 aliphatic heterocycles. The van der Waals surface area contributed by atoms with Crippen molar-refractivity contribution in [3.63, 3.8) is 0 Å². The van der Waals surface area contributed by atoms with Crippen molar-refractivity contribution >= 4 is 21.6 Å². The summed E-state index contributed by atoms with van der Waals surface area (Å²) in [5.41, 5.74) is 6.75. The molecule has 1 aromatic carbocycles. The Kier molecular flexibility index (Phi) is 3.00. The Bertz CT molecular complexity index is 358. The van der Waals surface area contributed by atoms with Crippen molar-refractivity contribution < 1.29 is 5.11 Å². The van der Waals surface area contributed by atoms with E-state index < -0.39 is 5.54 Å². The molecule has 0 aliphatic carbocycles. The Morgan fingerprint density at radius 2 is 2.20 bits per heavy atom. The predicted octanol–water partition coefficient (Wildman–Crippen LogP) is 1.35. The first kappa shape index (κ1) is 10.9. The number of nitrogens with zero attached hydrogens (tertiary/aromatic N) is 1. The number of anilines is 1. The molecular weight excluding hydrogens is 256 g/mol. The third kappa shape index (κ3) is 2.17. The van der Waals surface area contributed by atoms with Gasteiger partial charge in [-0.2, -0.15) is 0 Å². The first-order chi connectivity index (χ1) is 7.14. The third-order valence-electron chi connectivity index (χ3n) is 2.89. The van der Waals surface area contributed by atoms with Crippen LogP contribution in [0.1, 0.15) is 6.42 Å². The van der Waals surface area contributed by atoms with Crippen LogP contribution in [-0.4, -0.2) is 30.3 Å². The van der Waals surface area contributed by atoms with E-state index in [9.17, 15) is 5.11 Å². The number of para-hydroxylation sites is 1. The highest BCUT2D eigenvalue weighted by atomic mass is 79.9. The van der Waals surface area contributed by atoms with Gasteiger partial charge in [-0.15, -0.1) is 0 Å². The number of hydrogen-bond donors (Lipinski definition) is 2. The van der Waals surface area contributed by atoms with Crippen molar-refractivity contribution in [1.82, 2.24) is 0 Å². The van der Waals surface area contributed by atoms with Gasteiger partial charge in [0.15, 0.2) is 0 Å². The number of halogens is 1. The molecule has 1 saturated heterocycles. The van der Waals surface area contributed by atoms with Crippen molar-refractivity contribution in [2.24, 2.45) is 5.73 Å². The standard InChI is InChI=1S/C11H15BrN2O/c12-9-3-1-2-4-10(9)14-6-5-11(13,7-14)8-15/h1-4,15H,5-8,13H2. The number of nitrogens with two attached hydrogens (primary N) is 1. The second-order valence-corrected chi connectivity index (χ2v) is 5.00. The van der Waals surface area contributed by atoms with E-state index in [2.05, 4.69) is 26.9 Å². The lowest BCUT2D eigenvalue weighted by atomic mass is 10.0. The Morgan fingerprint density at radius 1 is 1.47 bits per heavy atom. The summed E-state index contributed by atoms with van der Waals surface area (Å²) in [7, 11) is 0. The average Bonchev–Trinajstić information content (AvgIpc) is 2.63. The van der Waals surface area contributed by atoms with Crippen LogP contribution < -0.4 is 10.6 Å². The van der Waals surface area contributed by atoms with Gasteiger partial charge < -0.3 is 15.7 Å². The van der Waals surface area contributed by atoms with Crippen LogP contribution in [0.2, 0.25) is 0 Å². The van der Waals surface area contributed by atoms with Gasteiger partial charge in [0, 0.05) is 17.6 Å². The SMILES string of the molecule is NC1(CO)CCN(c2ccccc2Br)C1. The van der Waals surface area contributed by atoms with Gasteiger partial charge in [0.1, 0.15) is 0 Å². The number of aliphatic hydroxyl groups is 1. The van der Waals surface area contributed by atoms with Gasteiger partial charge in [-0.3, -0.25) is 0 Å². The summed E-state index contributed by atoms with van der Waals surface area (Å²) in [5, 5.41) is 9.20. The van der Waals surface area contributed by atoms with E-state index in [0.29, 0.717) is 6.54 Å². The summed E-state index contributed by atoms with van der Waals surface area (Å²) in [6.07, 6.45) is 0.838. The maximum absolute atomic E-state index is 9.20. The molecule has 2 rings (SSSR count). The van der Waals surface area contributed by atoms with Gasteiger partial charge in [0.25, 0.3) is 0 Å². The maximum Gasteiger partial charge on any atom is 0.0629 e. The summed E-state index contributed by atoms with van der Waals surface area (Å²) in [4.78, 5) is 2.21. The molecule has 1 heterocycles. The van der Waals surface area contributed by atoms with E-state index >= 15 is 0 Å². The van der Waals surface area contributed by atoms with Gasteiger partial charge in [-0.1, -0.05) is 12.1 Å². The minimum Gasteiger partial charge on any atom is -0.394 e. The fraction of sp³-hybridized carbons (Fsp3) is 0.455. The van der Waals surface area contributed by atoms with E-state index in [-0.39, 0.29) is 6.61 Å². The topological polar surface area (TPSA) is 49.5 Å². The zero-order valence-electron chi connectivity index (χ0n) is 8.49. The minimum absolute atomic E-state index is 0.0496. The molecule has 3 nitrogen and oxygen atoms in total. The van der Waals surface area contributed by atoms with E-state index in [0.717, 1.165) is 23.1 Å². The number of hydrogen-bond acceptors (Lipinski definition) is 3. The molecule has 1 aromatic rings.